The van der Waals surface area contributed by atoms with E-state index in [9.17, 15) is 9.18 Å². The Labute approximate surface area is 172 Å². The highest BCUT2D eigenvalue weighted by Gasteiger charge is 2.21. The van der Waals surface area contributed by atoms with Gasteiger partial charge in [0.05, 0.1) is 29.4 Å². The highest BCUT2D eigenvalue weighted by molar-refractivity contribution is 6.07. The molecular formula is C21H22FN5O3. The molecule has 0 atom stereocenters. The van der Waals surface area contributed by atoms with Crippen molar-refractivity contribution in [2.24, 2.45) is 4.99 Å². The number of aromatic nitrogens is 2. The summed E-state index contributed by atoms with van der Waals surface area (Å²) < 4.78 is 24.9. The summed E-state index contributed by atoms with van der Waals surface area (Å²) in [4.78, 5) is 21.8. The van der Waals surface area contributed by atoms with Gasteiger partial charge in [-0.2, -0.15) is 0 Å². The van der Waals surface area contributed by atoms with Gasteiger partial charge < -0.3 is 9.26 Å². The smallest absolute Gasteiger partial charge is 0.270 e. The van der Waals surface area contributed by atoms with E-state index in [1.54, 1.807) is 19.1 Å². The van der Waals surface area contributed by atoms with Crippen LogP contribution in [-0.2, 0) is 0 Å². The van der Waals surface area contributed by atoms with Crippen molar-refractivity contribution in [2.45, 2.75) is 32.6 Å². The van der Waals surface area contributed by atoms with Crippen LogP contribution in [0.2, 0.25) is 0 Å². The van der Waals surface area contributed by atoms with Gasteiger partial charge in [0.15, 0.2) is 0 Å². The van der Waals surface area contributed by atoms with Crippen LogP contribution in [-0.4, -0.2) is 35.5 Å². The molecule has 2 N–H and O–H groups in total. The molecule has 0 spiro atoms. The number of carbonyl (C=O) groups excluding carboxylic acids is 1. The molecule has 1 aliphatic rings. The predicted octanol–water partition coefficient (Wildman–Crippen LogP) is 3.55. The van der Waals surface area contributed by atoms with E-state index in [1.807, 2.05) is 0 Å². The number of amides is 1. The Morgan fingerprint density at radius 2 is 2.10 bits per heavy atom. The van der Waals surface area contributed by atoms with Gasteiger partial charge in [-0.3, -0.25) is 20.6 Å². The quantitative estimate of drug-likeness (QED) is 0.639. The Balaban J connectivity index is 1.69. The second kappa shape index (κ2) is 8.48. The number of aryl methyl sites for hydroxylation is 1. The highest BCUT2D eigenvalue weighted by atomic mass is 19.1. The molecule has 30 heavy (non-hydrogen) atoms. The van der Waals surface area contributed by atoms with E-state index < -0.39 is 11.7 Å². The Bertz CT molecular complexity index is 1130. The van der Waals surface area contributed by atoms with Crippen LogP contribution in [0.25, 0.3) is 22.4 Å². The average molecular weight is 411 g/mol. The largest absolute Gasteiger partial charge is 0.497 e. The summed E-state index contributed by atoms with van der Waals surface area (Å²) in [5.74, 6) is 0.208. The molecule has 1 aliphatic heterocycles. The third-order valence-corrected chi connectivity index (χ3v) is 5.01. The summed E-state index contributed by atoms with van der Waals surface area (Å²) in [5, 5.41) is 4.39. The minimum Gasteiger partial charge on any atom is -0.497 e. The van der Waals surface area contributed by atoms with Gasteiger partial charge in [-0.05, 0) is 38.0 Å². The molecule has 0 fully saturated rings. The highest BCUT2D eigenvalue weighted by Crippen LogP contribution is 2.30. The maximum absolute atomic E-state index is 14.6. The minimum absolute atomic E-state index is 0.164. The standard InChI is InChI=1S/C21H22FN5O3/c1-12-19-15(20(28)26-25-18-6-4-3-5-9-23-18)11-17(24-21(19)30-27-12)14-8-7-13(29-2)10-16(14)22/h7-8,10-11H,3-6,9H2,1-2H3,(H,23,25)(H,26,28). The van der Waals surface area contributed by atoms with E-state index in [-0.39, 0.29) is 22.5 Å². The van der Waals surface area contributed by atoms with Crippen molar-refractivity contribution in [2.75, 3.05) is 13.7 Å². The topological polar surface area (TPSA) is 102 Å². The van der Waals surface area contributed by atoms with Gasteiger partial charge >= 0.3 is 0 Å². The number of ether oxygens (including phenoxy) is 1. The molecule has 0 saturated heterocycles. The number of hydrogen-bond donors (Lipinski definition) is 2. The zero-order valence-corrected chi connectivity index (χ0v) is 16.8. The summed E-state index contributed by atoms with van der Waals surface area (Å²) in [6.45, 7) is 2.46. The fraction of sp³-hybridized carbons (Fsp3) is 0.333. The molecule has 3 heterocycles. The number of halogens is 1. The molecule has 3 aromatic rings. The molecule has 156 valence electrons. The number of methoxy groups -OCH3 is 1. The molecule has 0 saturated carbocycles. The number of hydrogen-bond acceptors (Lipinski definition) is 7. The van der Waals surface area contributed by atoms with E-state index in [2.05, 4.69) is 26.0 Å². The first-order valence-electron chi connectivity index (χ1n) is 9.77. The van der Waals surface area contributed by atoms with Crippen LogP contribution in [0.4, 0.5) is 4.39 Å². The molecule has 1 amide bonds. The number of hydrazine groups is 1. The number of benzene rings is 1. The maximum Gasteiger partial charge on any atom is 0.270 e. The first-order chi connectivity index (χ1) is 14.6. The first kappa shape index (κ1) is 19.8. The molecule has 1 aromatic carbocycles. The molecule has 9 heteroatoms. The lowest BCUT2D eigenvalue weighted by Crippen LogP contribution is -2.41. The fourth-order valence-electron chi connectivity index (χ4n) is 3.41. The van der Waals surface area contributed by atoms with Crippen LogP contribution in [0, 0.1) is 12.7 Å². The normalized spacial score (nSPS) is 14.2. The van der Waals surface area contributed by atoms with E-state index in [0.29, 0.717) is 16.8 Å². The van der Waals surface area contributed by atoms with Crippen molar-refractivity contribution < 1.29 is 18.4 Å². The van der Waals surface area contributed by atoms with Crippen LogP contribution in [0.1, 0.15) is 41.7 Å². The number of amidine groups is 1. The van der Waals surface area contributed by atoms with Crippen molar-refractivity contribution in [1.29, 1.82) is 0 Å². The summed E-state index contributed by atoms with van der Waals surface area (Å²) in [5.41, 5.74) is 7.05. The Morgan fingerprint density at radius 3 is 2.90 bits per heavy atom. The van der Waals surface area contributed by atoms with Crippen LogP contribution in [0.15, 0.2) is 33.8 Å². The number of fused-ring (bicyclic) bond motifs is 1. The second-order valence-electron chi connectivity index (χ2n) is 7.07. The number of aliphatic imine (C=N–C) groups is 1. The molecule has 0 aliphatic carbocycles. The van der Waals surface area contributed by atoms with Crippen molar-refractivity contribution in [1.82, 2.24) is 21.0 Å². The van der Waals surface area contributed by atoms with Crippen molar-refractivity contribution in [3.8, 4) is 17.0 Å². The van der Waals surface area contributed by atoms with Crippen LogP contribution >= 0.6 is 0 Å². The van der Waals surface area contributed by atoms with Crippen molar-refractivity contribution >= 4 is 22.8 Å². The second-order valence-corrected chi connectivity index (χ2v) is 7.07. The van der Waals surface area contributed by atoms with E-state index >= 15 is 0 Å². The number of nitrogens with one attached hydrogen (secondary N) is 2. The van der Waals surface area contributed by atoms with Gasteiger partial charge in [0.1, 0.15) is 17.4 Å². The van der Waals surface area contributed by atoms with Crippen LogP contribution < -0.4 is 15.6 Å². The minimum atomic E-state index is -0.519. The zero-order valence-electron chi connectivity index (χ0n) is 16.8. The molecule has 4 rings (SSSR count). The van der Waals surface area contributed by atoms with E-state index in [0.717, 1.165) is 38.1 Å². The van der Waals surface area contributed by atoms with Gasteiger partial charge in [0, 0.05) is 24.6 Å². The summed E-state index contributed by atoms with van der Waals surface area (Å²) >= 11 is 0. The Hall–Kier alpha value is -3.49. The number of pyridine rings is 1. The first-order valence-corrected chi connectivity index (χ1v) is 9.77. The molecular weight excluding hydrogens is 389 g/mol. The van der Waals surface area contributed by atoms with Gasteiger partial charge in [-0.25, -0.2) is 9.37 Å². The molecule has 0 radical (unpaired) electrons. The lowest BCUT2D eigenvalue weighted by atomic mass is 10.0. The van der Waals surface area contributed by atoms with Crippen LogP contribution in [0.5, 0.6) is 5.75 Å². The molecule has 0 unspecified atom stereocenters. The summed E-state index contributed by atoms with van der Waals surface area (Å²) in [7, 11) is 1.46. The van der Waals surface area contributed by atoms with E-state index in [1.165, 1.54) is 19.2 Å². The summed E-state index contributed by atoms with van der Waals surface area (Å²) in [6, 6.07) is 5.97. The lowest BCUT2D eigenvalue weighted by molar-refractivity contribution is 0.0945. The number of rotatable bonds is 3. The average Bonchev–Trinajstić information content (AvgIpc) is 2.95. The summed E-state index contributed by atoms with van der Waals surface area (Å²) in [6.07, 6.45) is 3.96. The maximum atomic E-state index is 14.6. The van der Waals surface area contributed by atoms with Gasteiger partial charge in [-0.1, -0.05) is 11.6 Å². The number of carbonyl (C=O) groups is 1. The lowest BCUT2D eigenvalue weighted by Gasteiger charge is -2.12. The monoisotopic (exact) mass is 411 g/mol. The molecule has 0 bridgehead atoms. The van der Waals surface area contributed by atoms with Crippen LogP contribution in [0.3, 0.4) is 0 Å². The SMILES string of the molecule is COc1ccc(-c2cc(C(=O)NNC3=NCCCCC3)c3c(C)noc3n2)c(F)c1. The van der Waals surface area contributed by atoms with E-state index in [4.69, 9.17) is 9.26 Å². The van der Waals surface area contributed by atoms with Gasteiger partial charge in [-0.15, -0.1) is 0 Å². The fourth-order valence-corrected chi connectivity index (χ4v) is 3.41. The van der Waals surface area contributed by atoms with Crippen molar-refractivity contribution in [3.05, 3.63) is 41.3 Å². The van der Waals surface area contributed by atoms with Gasteiger partial charge in [0.25, 0.3) is 11.6 Å². The predicted molar refractivity (Wildman–Crippen MR) is 110 cm³/mol. The number of nitrogens with zero attached hydrogens (tertiary/aromatic N) is 3. The van der Waals surface area contributed by atoms with Gasteiger partial charge in [0.2, 0.25) is 0 Å². The van der Waals surface area contributed by atoms with Crippen molar-refractivity contribution in [3.63, 3.8) is 0 Å². The Kier molecular flexibility index (Phi) is 5.60. The third-order valence-electron chi connectivity index (χ3n) is 5.01. The zero-order chi connectivity index (χ0) is 21.1. The molecule has 8 nitrogen and oxygen atoms in total. The Morgan fingerprint density at radius 1 is 1.23 bits per heavy atom. The third kappa shape index (κ3) is 3.96. The molecule has 2 aromatic heterocycles.